The lowest BCUT2D eigenvalue weighted by atomic mass is 10.0. The summed E-state index contributed by atoms with van der Waals surface area (Å²) in [4.78, 5) is 13.3. The van der Waals surface area contributed by atoms with Crippen molar-refractivity contribution in [2.75, 3.05) is 13.1 Å². The van der Waals surface area contributed by atoms with Crippen LogP contribution >= 0.6 is 0 Å². The first-order valence-corrected chi connectivity index (χ1v) is 6.95. The lowest BCUT2D eigenvalue weighted by molar-refractivity contribution is -0.145. The van der Waals surface area contributed by atoms with Crippen molar-refractivity contribution >= 4 is 5.97 Å². The summed E-state index contributed by atoms with van der Waals surface area (Å²) in [5, 5.41) is 9.27. The lowest BCUT2D eigenvalue weighted by Crippen LogP contribution is -2.48. The van der Waals surface area contributed by atoms with Crippen LogP contribution in [-0.2, 0) is 11.2 Å². The van der Waals surface area contributed by atoms with Crippen molar-refractivity contribution in [3.05, 3.63) is 29.8 Å². The highest BCUT2D eigenvalue weighted by Crippen LogP contribution is 2.29. The predicted molar refractivity (Wildman–Crippen MR) is 71.4 cm³/mol. The smallest absolute Gasteiger partial charge is 0.320 e. The summed E-state index contributed by atoms with van der Waals surface area (Å²) in [5.74, 6) is 0.256. The Morgan fingerprint density at radius 2 is 2.21 bits per heavy atom. The molecule has 1 aromatic rings. The summed E-state index contributed by atoms with van der Waals surface area (Å²) >= 11 is 0. The second kappa shape index (κ2) is 5.21. The first-order chi connectivity index (χ1) is 9.24. The standard InChI is InChI=1S/C15H19NO3/c17-15(18)13-6-3-4-8-16(13)10-12-9-11-5-1-2-7-14(11)19-12/h1-2,5,7,12-13H,3-4,6,8-10H2,(H,17,18). The molecule has 1 saturated heterocycles. The van der Waals surface area contributed by atoms with Crippen LogP contribution in [0.5, 0.6) is 5.75 Å². The number of carboxylic acid groups (broad SMARTS) is 1. The van der Waals surface area contributed by atoms with Gasteiger partial charge in [0.25, 0.3) is 0 Å². The molecule has 0 radical (unpaired) electrons. The molecular weight excluding hydrogens is 242 g/mol. The summed E-state index contributed by atoms with van der Waals surface area (Å²) in [5.41, 5.74) is 1.23. The number of likely N-dealkylation sites (tertiary alicyclic amines) is 1. The Bertz CT molecular complexity index is 449. The van der Waals surface area contributed by atoms with Crippen LogP contribution in [0, 0.1) is 0 Å². The largest absolute Gasteiger partial charge is 0.488 e. The maximum atomic E-state index is 11.3. The first kappa shape index (κ1) is 12.5. The normalized spacial score (nSPS) is 26.7. The van der Waals surface area contributed by atoms with Crippen LogP contribution in [0.2, 0.25) is 0 Å². The van der Waals surface area contributed by atoms with E-state index in [1.54, 1.807) is 0 Å². The van der Waals surface area contributed by atoms with Gasteiger partial charge in [-0.3, -0.25) is 9.69 Å². The number of hydrogen-bond donors (Lipinski definition) is 1. The van der Waals surface area contributed by atoms with Gasteiger partial charge in [-0.25, -0.2) is 0 Å². The Kier molecular flexibility index (Phi) is 3.42. The Labute approximate surface area is 113 Å². The molecule has 0 amide bonds. The van der Waals surface area contributed by atoms with Crippen LogP contribution in [0.3, 0.4) is 0 Å². The van der Waals surface area contributed by atoms with Gasteiger partial charge >= 0.3 is 5.97 Å². The van der Waals surface area contributed by atoms with Gasteiger partial charge < -0.3 is 9.84 Å². The van der Waals surface area contributed by atoms with Gasteiger partial charge in [-0.15, -0.1) is 0 Å². The molecule has 3 rings (SSSR count). The average molecular weight is 261 g/mol. The number of ether oxygens (including phenoxy) is 1. The summed E-state index contributed by atoms with van der Waals surface area (Å²) < 4.78 is 5.90. The van der Waals surface area contributed by atoms with Gasteiger partial charge in [0.1, 0.15) is 17.9 Å². The number of nitrogens with zero attached hydrogens (tertiary/aromatic N) is 1. The number of fused-ring (bicyclic) bond motifs is 1. The van der Waals surface area contributed by atoms with Gasteiger partial charge in [0.05, 0.1) is 0 Å². The van der Waals surface area contributed by atoms with E-state index in [1.165, 1.54) is 5.56 Å². The molecule has 4 nitrogen and oxygen atoms in total. The van der Waals surface area contributed by atoms with Crippen molar-refractivity contribution in [3.63, 3.8) is 0 Å². The van der Waals surface area contributed by atoms with Gasteiger partial charge in [0.2, 0.25) is 0 Å². The van der Waals surface area contributed by atoms with Gasteiger partial charge in [0.15, 0.2) is 0 Å². The SMILES string of the molecule is O=C(O)C1CCCCN1CC1Cc2ccccc2O1. The molecule has 0 bridgehead atoms. The number of rotatable bonds is 3. The lowest BCUT2D eigenvalue weighted by Gasteiger charge is -2.34. The Balaban J connectivity index is 1.64. The van der Waals surface area contributed by atoms with E-state index in [4.69, 9.17) is 4.74 Å². The molecule has 4 heteroatoms. The van der Waals surface area contributed by atoms with E-state index in [0.29, 0.717) is 6.54 Å². The van der Waals surface area contributed by atoms with E-state index >= 15 is 0 Å². The van der Waals surface area contributed by atoms with Crippen LogP contribution in [0.1, 0.15) is 24.8 Å². The van der Waals surface area contributed by atoms with Crippen molar-refractivity contribution in [2.45, 2.75) is 37.8 Å². The predicted octanol–water partition coefficient (Wildman–Crippen LogP) is 1.93. The number of benzene rings is 1. The van der Waals surface area contributed by atoms with E-state index < -0.39 is 5.97 Å². The van der Waals surface area contributed by atoms with Crippen molar-refractivity contribution < 1.29 is 14.6 Å². The van der Waals surface area contributed by atoms with Crippen LogP contribution in [0.15, 0.2) is 24.3 Å². The number of carbonyl (C=O) groups is 1. The second-order valence-electron chi connectivity index (χ2n) is 5.40. The van der Waals surface area contributed by atoms with E-state index in [1.807, 2.05) is 18.2 Å². The van der Waals surface area contributed by atoms with Crippen molar-refractivity contribution in [1.29, 1.82) is 0 Å². The minimum Gasteiger partial charge on any atom is -0.488 e. The highest BCUT2D eigenvalue weighted by Gasteiger charge is 2.32. The number of piperidine rings is 1. The Morgan fingerprint density at radius 3 is 3.00 bits per heavy atom. The maximum Gasteiger partial charge on any atom is 0.320 e. The van der Waals surface area contributed by atoms with Crippen molar-refractivity contribution in [3.8, 4) is 5.75 Å². The molecule has 1 N–H and O–H groups in total. The molecule has 0 aromatic heterocycles. The second-order valence-corrected chi connectivity index (χ2v) is 5.40. The highest BCUT2D eigenvalue weighted by molar-refractivity contribution is 5.73. The molecule has 0 spiro atoms. The fourth-order valence-corrected chi connectivity index (χ4v) is 3.11. The van der Waals surface area contributed by atoms with E-state index in [0.717, 1.165) is 38.0 Å². The van der Waals surface area contributed by atoms with Gasteiger partial charge in [-0.1, -0.05) is 24.6 Å². The number of carboxylic acids is 1. The third-order valence-electron chi connectivity index (χ3n) is 4.05. The van der Waals surface area contributed by atoms with E-state index in [-0.39, 0.29) is 12.1 Å². The maximum absolute atomic E-state index is 11.3. The van der Waals surface area contributed by atoms with Gasteiger partial charge in [-0.2, -0.15) is 0 Å². The van der Waals surface area contributed by atoms with Gasteiger partial charge in [0, 0.05) is 13.0 Å². The molecular formula is C15H19NO3. The minimum atomic E-state index is -0.699. The molecule has 102 valence electrons. The van der Waals surface area contributed by atoms with Crippen LogP contribution in [-0.4, -0.2) is 41.2 Å². The number of para-hydroxylation sites is 1. The molecule has 2 unspecified atom stereocenters. The zero-order valence-electron chi connectivity index (χ0n) is 10.9. The topological polar surface area (TPSA) is 49.8 Å². The molecule has 1 aromatic carbocycles. The van der Waals surface area contributed by atoms with Crippen molar-refractivity contribution in [1.82, 2.24) is 4.90 Å². The summed E-state index contributed by atoms with van der Waals surface area (Å²) in [6.07, 6.45) is 3.84. The van der Waals surface area contributed by atoms with Gasteiger partial charge in [-0.05, 0) is 31.0 Å². The Morgan fingerprint density at radius 1 is 1.37 bits per heavy atom. The molecule has 0 saturated carbocycles. The third kappa shape index (κ3) is 2.59. The quantitative estimate of drug-likeness (QED) is 0.903. The summed E-state index contributed by atoms with van der Waals surface area (Å²) in [7, 11) is 0. The summed E-state index contributed by atoms with van der Waals surface area (Å²) in [6.45, 7) is 1.58. The fraction of sp³-hybridized carbons (Fsp3) is 0.533. The Hall–Kier alpha value is -1.55. The average Bonchev–Trinajstić information content (AvgIpc) is 2.81. The number of aliphatic carboxylic acids is 1. The monoisotopic (exact) mass is 261 g/mol. The van der Waals surface area contributed by atoms with Crippen LogP contribution in [0.4, 0.5) is 0 Å². The van der Waals surface area contributed by atoms with E-state index in [9.17, 15) is 9.90 Å². The molecule has 1 fully saturated rings. The zero-order chi connectivity index (χ0) is 13.2. The number of hydrogen-bond acceptors (Lipinski definition) is 3. The minimum absolute atomic E-state index is 0.0948. The van der Waals surface area contributed by atoms with E-state index in [2.05, 4.69) is 11.0 Å². The van der Waals surface area contributed by atoms with Crippen LogP contribution in [0.25, 0.3) is 0 Å². The van der Waals surface area contributed by atoms with Crippen molar-refractivity contribution in [2.24, 2.45) is 0 Å². The highest BCUT2D eigenvalue weighted by atomic mass is 16.5. The fourth-order valence-electron chi connectivity index (χ4n) is 3.11. The molecule has 19 heavy (non-hydrogen) atoms. The molecule has 2 atom stereocenters. The van der Waals surface area contributed by atoms with Crippen LogP contribution < -0.4 is 4.74 Å². The molecule has 2 heterocycles. The molecule has 2 aliphatic rings. The molecule has 2 aliphatic heterocycles. The first-order valence-electron chi connectivity index (χ1n) is 6.95. The third-order valence-corrected chi connectivity index (χ3v) is 4.05. The zero-order valence-corrected chi connectivity index (χ0v) is 10.9. The molecule has 0 aliphatic carbocycles. The summed E-state index contributed by atoms with van der Waals surface area (Å²) in [6, 6.07) is 7.73.